The summed E-state index contributed by atoms with van der Waals surface area (Å²) in [6, 6.07) is 11.0. The van der Waals surface area contributed by atoms with Crippen LogP contribution in [0.15, 0.2) is 42.5 Å². The van der Waals surface area contributed by atoms with Crippen LogP contribution in [0.5, 0.6) is 5.75 Å². The van der Waals surface area contributed by atoms with Crippen LogP contribution >= 0.6 is 23.2 Å². The molecule has 2 aromatic rings. The lowest BCUT2D eigenvalue weighted by Crippen LogP contribution is -2.12. The van der Waals surface area contributed by atoms with E-state index in [9.17, 15) is 9.59 Å². The number of hydrogen-bond donors (Lipinski definition) is 1. The molecule has 0 aromatic heterocycles. The van der Waals surface area contributed by atoms with Crippen molar-refractivity contribution in [2.75, 3.05) is 5.32 Å². The second-order valence-corrected chi connectivity index (χ2v) is 5.27. The van der Waals surface area contributed by atoms with Gasteiger partial charge in [0.05, 0.1) is 10.7 Å². The number of ether oxygens (including phenoxy) is 1. The van der Waals surface area contributed by atoms with Gasteiger partial charge in [-0.2, -0.15) is 0 Å². The van der Waals surface area contributed by atoms with Gasteiger partial charge in [-0.3, -0.25) is 9.59 Å². The molecule has 0 aliphatic rings. The second-order valence-electron chi connectivity index (χ2n) is 4.43. The summed E-state index contributed by atoms with van der Waals surface area (Å²) >= 11 is 11.9. The maximum absolute atomic E-state index is 12.1. The van der Waals surface area contributed by atoms with Gasteiger partial charge in [-0.15, -0.1) is 0 Å². The van der Waals surface area contributed by atoms with Gasteiger partial charge in [0.25, 0.3) is 5.91 Å². The molecule has 2 rings (SSSR count). The molecule has 0 radical (unpaired) electrons. The Morgan fingerprint density at radius 3 is 2.41 bits per heavy atom. The predicted octanol–water partition coefficient (Wildman–Crippen LogP) is 4.56. The maximum atomic E-state index is 12.1. The minimum Gasteiger partial charge on any atom is -0.427 e. The molecular formula is C16H13Cl2NO3. The van der Waals surface area contributed by atoms with E-state index in [2.05, 4.69) is 5.32 Å². The summed E-state index contributed by atoms with van der Waals surface area (Å²) < 4.78 is 5.04. The molecule has 0 atom stereocenters. The molecule has 1 amide bonds. The van der Waals surface area contributed by atoms with Crippen LogP contribution in [0.3, 0.4) is 0 Å². The van der Waals surface area contributed by atoms with Crippen molar-refractivity contribution < 1.29 is 14.3 Å². The first-order valence-corrected chi connectivity index (χ1v) is 7.32. The normalized spacial score (nSPS) is 10.1. The third-order valence-corrected chi connectivity index (χ3v) is 3.38. The molecule has 0 aliphatic heterocycles. The summed E-state index contributed by atoms with van der Waals surface area (Å²) in [6.07, 6.45) is 0.287. The summed E-state index contributed by atoms with van der Waals surface area (Å²) in [5.41, 5.74) is 0.841. The van der Waals surface area contributed by atoms with Crippen LogP contribution in [-0.2, 0) is 4.79 Å². The molecule has 0 bridgehead atoms. The zero-order valence-electron chi connectivity index (χ0n) is 11.7. The van der Waals surface area contributed by atoms with Crippen molar-refractivity contribution in [1.82, 2.24) is 0 Å². The van der Waals surface area contributed by atoms with Gasteiger partial charge in [0.2, 0.25) is 0 Å². The Balaban J connectivity index is 2.09. The van der Waals surface area contributed by atoms with E-state index >= 15 is 0 Å². The second kappa shape index (κ2) is 7.29. The largest absolute Gasteiger partial charge is 0.427 e. The molecule has 1 N–H and O–H groups in total. The van der Waals surface area contributed by atoms with E-state index in [-0.39, 0.29) is 18.3 Å². The fraction of sp³-hybridized carbons (Fsp3) is 0.125. The fourth-order valence-electron chi connectivity index (χ4n) is 1.67. The molecule has 0 saturated heterocycles. The lowest BCUT2D eigenvalue weighted by molar-refractivity contribution is -0.134. The van der Waals surface area contributed by atoms with E-state index in [1.807, 2.05) is 0 Å². The van der Waals surface area contributed by atoms with Crippen molar-refractivity contribution in [3.05, 3.63) is 58.1 Å². The van der Waals surface area contributed by atoms with Crippen LogP contribution in [0.25, 0.3) is 0 Å². The highest BCUT2D eigenvalue weighted by Crippen LogP contribution is 2.26. The van der Waals surface area contributed by atoms with E-state index in [0.29, 0.717) is 27.0 Å². The van der Waals surface area contributed by atoms with Gasteiger partial charge < -0.3 is 10.1 Å². The molecule has 0 heterocycles. The quantitative estimate of drug-likeness (QED) is 0.657. The summed E-state index contributed by atoms with van der Waals surface area (Å²) in [7, 11) is 0. The van der Waals surface area contributed by atoms with E-state index in [1.165, 1.54) is 0 Å². The molecule has 6 heteroatoms. The van der Waals surface area contributed by atoms with Crippen LogP contribution in [-0.4, -0.2) is 11.9 Å². The lowest BCUT2D eigenvalue weighted by atomic mass is 10.2. The van der Waals surface area contributed by atoms with Crippen molar-refractivity contribution in [1.29, 1.82) is 0 Å². The van der Waals surface area contributed by atoms with Crippen LogP contribution in [0.1, 0.15) is 23.7 Å². The zero-order valence-corrected chi connectivity index (χ0v) is 13.2. The van der Waals surface area contributed by atoms with E-state index in [4.69, 9.17) is 27.9 Å². The average Bonchev–Trinajstić information content (AvgIpc) is 2.51. The number of hydrogen-bond acceptors (Lipinski definition) is 3. The first-order valence-electron chi connectivity index (χ1n) is 6.56. The van der Waals surface area contributed by atoms with Crippen molar-refractivity contribution in [3.63, 3.8) is 0 Å². The van der Waals surface area contributed by atoms with Crippen molar-refractivity contribution in [2.24, 2.45) is 0 Å². The summed E-state index contributed by atoms with van der Waals surface area (Å²) in [5, 5.41) is 3.54. The fourth-order valence-corrected chi connectivity index (χ4v) is 2.00. The van der Waals surface area contributed by atoms with Crippen molar-refractivity contribution in [3.8, 4) is 5.75 Å². The number of benzene rings is 2. The van der Waals surface area contributed by atoms with Gasteiger partial charge in [0.1, 0.15) is 5.75 Å². The van der Waals surface area contributed by atoms with E-state index in [1.54, 1.807) is 49.4 Å². The first kappa shape index (κ1) is 16.3. The van der Waals surface area contributed by atoms with Crippen molar-refractivity contribution >= 4 is 40.8 Å². The maximum Gasteiger partial charge on any atom is 0.310 e. The Morgan fingerprint density at radius 2 is 1.77 bits per heavy atom. The Kier molecular flexibility index (Phi) is 5.41. The Morgan fingerprint density at radius 1 is 1.09 bits per heavy atom. The van der Waals surface area contributed by atoms with E-state index < -0.39 is 0 Å². The van der Waals surface area contributed by atoms with Gasteiger partial charge in [-0.25, -0.2) is 0 Å². The van der Waals surface area contributed by atoms with Gasteiger partial charge in [-0.05, 0) is 42.5 Å². The lowest BCUT2D eigenvalue weighted by Gasteiger charge is -2.08. The Labute approximate surface area is 138 Å². The number of halogens is 2. The van der Waals surface area contributed by atoms with Gasteiger partial charge in [-0.1, -0.05) is 30.1 Å². The van der Waals surface area contributed by atoms with Crippen LogP contribution in [0, 0.1) is 0 Å². The molecule has 4 nitrogen and oxygen atoms in total. The minimum atomic E-state index is -0.336. The van der Waals surface area contributed by atoms with Crippen molar-refractivity contribution in [2.45, 2.75) is 13.3 Å². The van der Waals surface area contributed by atoms with E-state index in [0.717, 1.165) is 0 Å². The Hall–Kier alpha value is -2.04. The van der Waals surface area contributed by atoms with Crippen LogP contribution < -0.4 is 10.1 Å². The Bertz CT molecular complexity index is 699. The number of carbonyl (C=O) groups excluding carboxylic acids is 2. The number of esters is 1. The average molecular weight is 338 g/mol. The van der Waals surface area contributed by atoms with Gasteiger partial charge in [0.15, 0.2) is 0 Å². The molecule has 0 unspecified atom stereocenters. The first-order chi connectivity index (χ1) is 10.5. The minimum absolute atomic E-state index is 0.287. The third-order valence-electron chi connectivity index (χ3n) is 2.81. The molecule has 0 saturated carbocycles. The summed E-state index contributed by atoms with van der Waals surface area (Å²) in [4.78, 5) is 23.3. The summed E-state index contributed by atoms with van der Waals surface area (Å²) in [5.74, 6) is -0.273. The zero-order chi connectivity index (χ0) is 16.1. The molecule has 0 spiro atoms. The van der Waals surface area contributed by atoms with Crippen LogP contribution in [0.2, 0.25) is 10.0 Å². The number of nitrogens with one attached hydrogen (secondary N) is 1. The van der Waals surface area contributed by atoms with Gasteiger partial charge in [0, 0.05) is 17.0 Å². The number of amides is 1. The predicted molar refractivity (Wildman–Crippen MR) is 86.8 cm³/mol. The highest BCUT2D eigenvalue weighted by molar-refractivity contribution is 6.35. The molecule has 22 heavy (non-hydrogen) atoms. The topological polar surface area (TPSA) is 55.4 Å². The molecule has 0 aliphatic carbocycles. The smallest absolute Gasteiger partial charge is 0.310 e. The highest BCUT2D eigenvalue weighted by atomic mass is 35.5. The monoisotopic (exact) mass is 337 g/mol. The van der Waals surface area contributed by atoms with Gasteiger partial charge >= 0.3 is 5.97 Å². The summed E-state index contributed by atoms with van der Waals surface area (Å²) in [6.45, 7) is 1.71. The number of rotatable bonds is 4. The SMILES string of the molecule is CCC(=O)Oc1ccc(C(=O)Nc2cc(Cl)ccc2Cl)cc1. The molecule has 2 aromatic carbocycles. The highest BCUT2D eigenvalue weighted by Gasteiger charge is 2.10. The standard InChI is InChI=1S/C16H13Cl2NO3/c1-2-15(20)22-12-6-3-10(4-7-12)16(21)19-14-9-11(17)5-8-13(14)18/h3-9H,2H2,1H3,(H,19,21). The number of anilines is 1. The molecular weight excluding hydrogens is 325 g/mol. The molecule has 114 valence electrons. The third kappa shape index (κ3) is 4.23. The van der Waals surface area contributed by atoms with Crippen LogP contribution in [0.4, 0.5) is 5.69 Å². The molecule has 0 fully saturated rings. The number of carbonyl (C=O) groups is 2.